The first-order valence-electron chi connectivity index (χ1n) is 7.06. The summed E-state index contributed by atoms with van der Waals surface area (Å²) >= 11 is 0. The number of carbonyl (C=O) groups excluding carboxylic acids is 1. The van der Waals surface area contributed by atoms with E-state index in [-0.39, 0.29) is 6.04 Å². The van der Waals surface area contributed by atoms with Crippen LogP contribution in [0.15, 0.2) is 42.5 Å². The Morgan fingerprint density at radius 2 is 1.86 bits per heavy atom. The highest BCUT2D eigenvalue weighted by Crippen LogP contribution is 2.19. The number of nitrogens with two attached hydrogens (primary N) is 1. The second-order valence-corrected chi connectivity index (χ2v) is 6.10. The molecule has 0 aromatic heterocycles. The van der Waals surface area contributed by atoms with Crippen LogP contribution in [0.3, 0.4) is 0 Å². The van der Waals surface area contributed by atoms with E-state index in [2.05, 4.69) is 17.4 Å². The van der Waals surface area contributed by atoms with Crippen molar-refractivity contribution in [2.45, 2.75) is 32.4 Å². The maximum Gasteiger partial charge on any atom is 0.407 e. The normalized spacial score (nSPS) is 13.0. The van der Waals surface area contributed by atoms with Gasteiger partial charge < -0.3 is 15.8 Å². The van der Waals surface area contributed by atoms with Crippen LogP contribution in [-0.4, -0.2) is 18.2 Å². The Kier molecular flexibility index (Phi) is 4.48. The quantitative estimate of drug-likeness (QED) is 0.909. The van der Waals surface area contributed by atoms with Crippen molar-refractivity contribution in [1.29, 1.82) is 0 Å². The molecule has 0 saturated carbocycles. The summed E-state index contributed by atoms with van der Waals surface area (Å²) in [6.07, 6.45) is -0.446. The molecule has 4 nitrogen and oxygen atoms in total. The molecule has 21 heavy (non-hydrogen) atoms. The van der Waals surface area contributed by atoms with E-state index in [0.717, 1.165) is 10.9 Å². The predicted molar refractivity (Wildman–Crippen MR) is 85.1 cm³/mol. The largest absolute Gasteiger partial charge is 0.444 e. The fourth-order valence-corrected chi connectivity index (χ4v) is 2.06. The molecule has 2 rings (SSSR count). The maximum atomic E-state index is 11.6. The number of amides is 1. The smallest absolute Gasteiger partial charge is 0.407 e. The van der Waals surface area contributed by atoms with E-state index in [1.807, 2.05) is 51.1 Å². The highest BCUT2D eigenvalue weighted by molar-refractivity contribution is 5.83. The van der Waals surface area contributed by atoms with Crippen LogP contribution in [0.4, 0.5) is 4.79 Å². The van der Waals surface area contributed by atoms with Crippen molar-refractivity contribution in [1.82, 2.24) is 5.32 Å². The standard InChI is InChI=1S/C17H22N2O2/c1-17(2,3)21-16(20)19-11-15(18)14-9-8-12-6-4-5-7-13(12)10-14/h4-10,15H,11,18H2,1-3H3,(H,19,20)/t15-/m1/s1. The van der Waals surface area contributed by atoms with Gasteiger partial charge in [-0.25, -0.2) is 4.79 Å². The van der Waals surface area contributed by atoms with Crippen LogP contribution < -0.4 is 11.1 Å². The highest BCUT2D eigenvalue weighted by Gasteiger charge is 2.16. The highest BCUT2D eigenvalue weighted by atomic mass is 16.6. The molecule has 0 bridgehead atoms. The van der Waals surface area contributed by atoms with Gasteiger partial charge in [-0.3, -0.25) is 0 Å². The van der Waals surface area contributed by atoms with E-state index >= 15 is 0 Å². The average Bonchev–Trinajstić information content (AvgIpc) is 2.42. The lowest BCUT2D eigenvalue weighted by Crippen LogP contribution is -2.36. The zero-order valence-electron chi connectivity index (χ0n) is 12.7. The van der Waals surface area contributed by atoms with Gasteiger partial charge in [-0.1, -0.05) is 36.4 Å². The van der Waals surface area contributed by atoms with Crippen molar-refractivity contribution < 1.29 is 9.53 Å². The van der Waals surface area contributed by atoms with Crippen molar-refractivity contribution >= 4 is 16.9 Å². The summed E-state index contributed by atoms with van der Waals surface area (Å²) in [7, 11) is 0. The number of hydrogen-bond donors (Lipinski definition) is 2. The van der Waals surface area contributed by atoms with E-state index in [1.165, 1.54) is 5.39 Å². The fraction of sp³-hybridized carbons (Fsp3) is 0.353. The molecule has 0 aliphatic rings. The van der Waals surface area contributed by atoms with Crippen LogP contribution in [0.25, 0.3) is 10.8 Å². The summed E-state index contributed by atoms with van der Waals surface area (Å²) < 4.78 is 5.19. The van der Waals surface area contributed by atoms with Crippen molar-refractivity contribution in [3.63, 3.8) is 0 Å². The van der Waals surface area contributed by atoms with E-state index in [1.54, 1.807) is 0 Å². The summed E-state index contributed by atoms with van der Waals surface area (Å²) in [6, 6.07) is 13.9. The Labute approximate surface area is 125 Å². The van der Waals surface area contributed by atoms with Gasteiger partial charge in [-0.05, 0) is 43.2 Å². The van der Waals surface area contributed by atoms with Crippen molar-refractivity contribution in [3.8, 4) is 0 Å². The third kappa shape index (κ3) is 4.46. The number of hydrogen-bond acceptors (Lipinski definition) is 3. The van der Waals surface area contributed by atoms with E-state index in [4.69, 9.17) is 10.5 Å². The summed E-state index contributed by atoms with van der Waals surface area (Å²) in [6.45, 7) is 5.83. The fourth-order valence-electron chi connectivity index (χ4n) is 2.06. The SMILES string of the molecule is CC(C)(C)OC(=O)NC[C@@H](N)c1ccc2ccccc2c1. The minimum absolute atomic E-state index is 0.262. The Bertz CT molecular complexity index is 632. The van der Waals surface area contributed by atoms with Crippen LogP contribution in [-0.2, 0) is 4.74 Å². The first-order valence-corrected chi connectivity index (χ1v) is 7.06. The van der Waals surface area contributed by atoms with Gasteiger partial charge >= 0.3 is 6.09 Å². The molecule has 1 amide bonds. The first-order chi connectivity index (χ1) is 9.85. The molecular formula is C17H22N2O2. The monoisotopic (exact) mass is 286 g/mol. The van der Waals surface area contributed by atoms with Crippen LogP contribution in [0, 0.1) is 0 Å². The van der Waals surface area contributed by atoms with Gasteiger partial charge in [-0.15, -0.1) is 0 Å². The number of rotatable bonds is 3. The molecule has 0 fully saturated rings. The predicted octanol–water partition coefficient (Wildman–Crippen LogP) is 3.36. The van der Waals surface area contributed by atoms with Crippen LogP contribution in [0.2, 0.25) is 0 Å². The molecule has 0 saturated heterocycles. The van der Waals surface area contributed by atoms with Crippen LogP contribution in [0.5, 0.6) is 0 Å². The van der Waals surface area contributed by atoms with Crippen LogP contribution in [0.1, 0.15) is 32.4 Å². The van der Waals surface area contributed by atoms with Gasteiger partial charge in [0.25, 0.3) is 0 Å². The van der Waals surface area contributed by atoms with Crippen molar-refractivity contribution in [2.24, 2.45) is 5.73 Å². The summed E-state index contributed by atoms with van der Waals surface area (Å²) in [5, 5.41) is 5.02. The topological polar surface area (TPSA) is 64.3 Å². The Morgan fingerprint density at radius 3 is 2.52 bits per heavy atom. The summed E-state index contributed by atoms with van der Waals surface area (Å²) in [4.78, 5) is 11.6. The Balaban J connectivity index is 1.99. The zero-order chi connectivity index (χ0) is 15.5. The third-order valence-corrected chi connectivity index (χ3v) is 3.07. The van der Waals surface area contributed by atoms with Gasteiger partial charge in [0.05, 0.1) is 0 Å². The molecule has 3 N–H and O–H groups in total. The molecule has 0 spiro atoms. The number of alkyl carbamates (subject to hydrolysis) is 1. The summed E-state index contributed by atoms with van der Waals surface area (Å²) in [5.41, 5.74) is 6.62. The van der Waals surface area contributed by atoms with Gasteiger partial charge in [-0.2, -0.15) is 0 Å². The van der Waals surface area contributed by atoms with E-state index < -0.39 is 11.7 Å². The minimum atomic E-state index is -0.503. The van der Waals surface area contributed by atoms with Gasteiger partial charge in [0.15, 0.2) is 0 Å². The van der Waals surface area contributed by atoms with E-state index in [0.29, 0.717) is 6.54 Å². The lowest BCUT2D eigenvalue weighted by molar-refractivity contribution is 0.0524. The summed E-state index contributed by atoms with van der Waals surface area (Å²) in [5.74, 6) is 0. The molecule has 0 aliphatic heterocycles. The Hall–Kier alpha value is -2.07. The number of carbonyl (C=O) groups is 1. The van der Waals surface area contributed by atoms with Gasteiger partial charge in [0.1, 0.15) is 5.60 Å². The molecule has 2 aromatic rings. The Morgan fingerprint density at radius 1 is 1.19 bits per heavy atom. The third-order valence-electron chi connectivity index (χ3n) is 3.07. The second-order valence-electron chi connectivity index (χ2n) is 6.10. The molecular weight excluding hydrogens is 264 g/mol. The molecule has 1 atom stereocenters. The molecule has 4 heteroatoms. The minimum Gasteiger partial charge on any atom is -0.444 e. The molecule has 0 radical (unpaired) electrons. The first kappa shape index (κ1) is 15.3. The molecule has 2 aromatic carbocycles. The van der Waals surface area contributed by atoms with Gasteiger partial charge in [0.2, 0.25) is 0 Å². The molecule has 112 valence electrons. The van der Waals surface area contributed by atoms with Crippen molar-refractivity contribution in [3.05, 3.63) is 48.0 Å². The van der Waals surface area contributed by atoms with E-state index in [9.17, 15) is 4.79 Å². The number of nitrogens with one attached hydrogen (secondary N) is 1. The number of fused-ring (bicyclic) bond motifs is 1. The van der Waals surface area contributed by atoms with Gasteiger partial charge in [0, 0.05) is 12.6 Å². The molecule has 0 heterocycles. The molecule has 0 aliphatic carbocycles. The maximum absolute atomic E-state index is 11.6. The lowest BCUT2D eigenvalue weighted by Gasteiger charge is -2.21. The van der Waals surface area contributed by atoms with Crippen LogP contribution >= 0.6 is 0 Å². The second kappa shape index (κ2) is 6.14. The number of benzene rings is 2. The average molecular weight is 286 g/mol. The van der Waals surface area contributed by atoms with Crippen molar-refractivity contribution in [2.75, 3.05) is 6.54 Å². The zero-order valence-corrected chi connectivity index (χ0v) is 12.7. The molecule has 0 unspecified atom stereocenters. The lowest BCUT2D eigenvalue weighted by atomic mass is 10.0. The number of ether oxygens (including phenoxy) is 1.